The number of rotatable bonds is 19. The first-order valence-corrected chi connectivity index (χ1v) is 42.9. The number of benzene rings is 4. The highest BCUT2D eigenvalue weighted by Gasteiger charge is 2.59. The maximum atomic E-state index is 14.1. The van der Waals surface area contributed by atoms with E-state index in [4.69, 9.17) is 40.4 Å². The number of amides is 5. The first kappa shape index (κ1) is 78.0. The summed E-state index contributed by atoms with van der Waals surface area (Å²) in [5.74, 6) is 11.0. The lowest BCUT2D eigenvalue weighted by Gasteiger charge is -2.31. The van der Waals surface area contributed by atoms with Crippen molar-refractivity contribution in [2.45, 2.75) is 236 Å². The van der Waals surface area contributed by atoms with Crippen molar-refractivity contribution >= 4 is 36.1 Å². The SMILES string of the molecule is COC(=O)N[C@H](C(=O)N1C2CC2C[C@H]1c1ncc(-c2ccc(-c3ccc(-c4cnc([C@@H]5CC6CC6N5C(=O)[C@@H](NC(=O)OC)C(C)C)[nH]4)c4c3CC3(CCCC3)C4)cc2)[nH]1)C(C)C.COC(=O)N[C@H](C(=O)O)C(C)C.NN1C2CC2C[C@H]1c1ncc(-c2ccc(-c3ccc(-c4cnc([C@@H]5CC6CC6N5)[nH]4)c4c3CC3(CCCC3)C4)cc2)[nH]1. The smallest absolute Gasteiger partial charge is 0.407 e. The minimum atomic E-state index is -1.06. The molecule has 4 aromatic heterocycles. The van der Waals surface area contributed by atoms with Crippen LogP contribution in [0.4, 0.5) is 14.4 Å². The molecule has 26 nitrogen and oxygen atoms in total. The van der Waals surface area contributed by atoms with Gasteiger partial charge < -0.3 is 70.3 Å². The van der Waals surface area contributed by atoms with Crippen LogP contribution in [0.3, 0.4) is 0 Å². The molecular formula is C91H112N16O10. The van der Waals surface area contributed by atoms with Gasteiger partial charge in [0.25, 0.3) is 0 Å². The average Bonchev–Trinajstić information content (AvgIpc) is 1.58. The van der Waals surface area contributed by atoms with Crippen LogP contribution in [-0.2, 0) is 54.3 Å². The number of methoxy groups -OCH3 is 3. The van der Waals surface area contributed by atoms with Gasteiger partial charge in [0.15, 0.2) is 0 Å². The molecule has 12 aliphatic rings. The summed E-state index contributed by atoms with van der Waals surface area (Å²) in [5, 5.41) is 22.2. The highest BCUT2D eigenvalue weighted by molar-refractivity contribution is 5.89. The molecule has 2 spiro atoms. The number of aromatic amines is 4. The van der Waals surface area contributed by atoms with Gasteiger partial charge in [-0.3, -0.25) is 15.4 Å². The third-order valence-electron chi connectivity index (χ3n) is 28.6. The maximum absolute atomic E-state index is 14.1. The molecule has 20 rings (SSSR count). The number of hydrazine groups is 1. The van der Waals surface area contributed by atoms with Crippen molar-refractivity contribution in [3.8, 4) is 67.3 Å². The number of alkyl carbamates (subject to hydrolysis) is 3. The van der Waals surface area contributed by atoms with Crippen molar-refractivity contribution < 1.29 is 48.1 Å². The molecule has 117 heavy (non-hydrogen) atoms. The molecule has 8 aliphatic carbocycles. The quantitative estimate of drug-likeness (QED) is 0.0266. The Bertz CT molecular complexity index is 5100. The Morgan fingerprint density at radius 1 is 0.427 bits per heavy atom. The first-order chi connectivity index (χ1) is 56.5. The molecule has 15 atom stereocenters. The third-order valence-corrected chi connectivity index (χ3v) is 28.6. The van der Waals surface area contributed by atoms with Gasteiger partial charge in [-0.25, -0.2) is 44.1 Å². The topological polar surface area (TPSA) is 349 Å². The van der Waals surface area contributed by atoms with Crippen molar-refractivity contribution in [3.63, 3.8) is 0 Å². The predicted molar refractivity (Wildman–Crippen MR) is 441 cm³/mol. The standard InChI is InChI=1S/C49H60N8O6.C35H39N7.C7H13NO4/c1-25(2)41(54-47(60)62-5)45(58)56-37-17-29(37)19-39(56)43-50-23-35(52-43)28-11-9-27(10-12-28)31-13-14-32(34-22-49(21-33(31)34)15-7-8-16-49)36-24-51-44(53-36)40-20-30-18-38(30)57(40)46(59)42(26(3)4)55-48(61)63-6;36-42-31-13-22(31)14-32(42)34-38-17-29(40-34)20-5-3-19(4-6-20)23-7-8-24(26-16-35(15-25(23)26)9-1-2-10-35)30-18-37-33(41-30)28-12-21-11-27(21)39-28;1-4(2)5(6(9)10)8-7(11)12-3/h9-14,23-26,29-30,37-42H,7-8,15-22H2,1-6H3,(H,50,52)(H,51,53)(H,54,60)(H,55,61);3-8,17-18,21-22,27-28,31-32,39H,1-2,9-16,36H2,(H,37,41)(H,38,40);4-5H,1-3H3,(H,8,11)(H,9,10)/t29?,30?,37?,38?,39-,40-,41-,42-;21?,22?,27?,28-,31?,32-;5-/m000/s1. The maximum Gasteiger partial charge on any atom is 0.407 e. The number of hydrogen-bond donors (Lipinski definition) is 10. The van der Waals surface area contributed by atoms with Gasteiger partial charge in [0.1, 0.15) is 41.4 Å². The second-order valence-electron chi connectivity index (χ2n) is 37.1. The summed E-state index contributed by atoms with van der Waals surface area (Å²) in [4.78, 5) is 111. The minimum absolute atomic E-state index is 0.0781. The van der Waals surface area contributed by atoms with E-state index >= 15 is 0 Å². The Hall–Kier alpha value is -10.2. The van der Waals surface area contributed by atoms with Crippen LogP contribution >= 0.6 is 0 Å². The van der Waals surface area contributed by atoms with Gasteiger partial charge in [-0.05, 0) is 211 Å². The van der Waals surface area contributed by atoms with Crippen LogP contribution in [0.2, 0.25) is 0 Å². The zero-order valence-corrected chi connectivity index (χ0v) is 68.6. The monoisotopic (exact) mass is 1590 g/mol. The fourth-order valence-corrected chi connectivity index (χ4v) is 21.8. The predicted octanol–water partition coefficient (Wildman–Crippen LogP) is 14.6. The molecule has 8 heterocycles. The lowest BCUT2D eigenvalue weighted by Crippen LogP contribution is -2.52. The van der Waals surface area contributed by atoms with Gasteiger partial charge in [-0.15, -0.1) is 0 Å². The Morgan fingerprint density at radius 2 is 0.778 bits per heavy atom. The minimum Gasteiger partial charge on any atom is -0.480 e. The number of likely N-dealkylation sites (tertiary alicyclic amines) is 2. The summed E-state index contributed by atoms with van der Waals surface area (Å²) in [6.07, 6.45) is 29.5. The Morgan fingerprint density at radius 3 is 1.17 bits per heavy atom. The largest absolute Gasteiger partial charge is 0.480 e. The van der Waals surface area contributed by atoms with Gasteiger partial charge in [0.2, 0.25) is 11.8 Å². The number of ether oxygens (including phenoxy) is 3. The number of carboxylic acids is 1. The highest BCUT2D eigenvalue weighted by atomic mass is 16.5. The van der Waals surface area contributed by atoms with Crippen LogP contribution in [0.15, 0.2) is 97.6 Å². The Kier molecular flexibility index (Phi) is 20.6. The molecule has 616 valence electrons. The number of nitrogens with zero attached hydrogens (tertiary/aromatic N) is 7. The number of aromatic nitrogens is 8. The number of hydrogen-bond acceptors (Lipinski definition) is 16. The number of aliphatic carboxylic acids is 1. The van der Waals surface area contributed by atoms with E-state index < -0.39 is 42.4 Å². The number of carboxylic acid groups (broad SMARTS) is 1. The molecule has 5 amide bonds. The summed E-state index contributed by atoms with van der Waals surface area (Å²) in [7, 11) is 3.82. The van der Waals surface area contributed by atoms with Crippen molar-refractivity contribution in [1.29, 1.82) is 0 Å². The molecule has 8 aromatic rings. The van der Waals surface area contributed by atoms with Crippen molar-refractivity contribution in [1.82, 2.24) is 75.9 Å². The molecule has 4 aromatic carbocycles. The van der Waals surface area contributed by atoms with E-state index in [1.54, 1.807) is 25.0 Å². The average molecular weight is 1590 g/mol. The molecule has 10 fully saturated rings. The normalized spacial score (nSPS) is 26.6. The van der Waals surface area contributed by atoms with Crippen LogP contribution < -0.4 is 27.1 Å². The van der Waals surface area contributed by atoms with Gasteiger partial charge in [0.05, 0.1) is 93.1 Å². The van der Waals surface area contributed by atoms with Crippen molar-refractivity contribution in [2.75, 3.05) is 21.3 Å². The van der Waals surface area contributed by atoms with E-state index in [2.05, 4.69) is 125 Å². The van der Waals surface area contributed by atoms with Crippen LogP contribution in [-0.4, -0.2) is 159 Å². The van der Waals surface area contributed by atoms with E-state index in [0.717, 1.165) is 109 Å². The van der Waals surface area contributed by atoms with Gasteiger partial charge in [0, 0.05) is 35.3 Å². The zero-order valence-electron chi connectivity index (χ0n) is 68.6. The number of fused-ring (bicyclic) bond motifs is 6. The van der Waals surface area contributed by atoms with Crippen LogP contribution in [0.25, 0.3) is 67.3 Å². The summed E-state index contributed by atoms with van der Waals surface area (Å²) in [5.41, 5.74) is 20.7. The fourth-order valence-electron chi connectivity index (χ4n) is 21.8. The second kappa shape index (κ2) is 30.9. The molecule has 4 aliphatic heterocycles. The molecule has 11 N–H and O–H groups in total. The third kappa shape index (κ3) is 15.0. The van der Waals surface area contributed by atoms with Gasteiger partial charge in [-0.2, -0.15) is 0 Å². The van der Waals surface area contributed by atoms with Crippen molar-refractivity contribution in [3.05, 3.63) is 143 Å². The van der Waals surface area contributed by atoms with E-state index in [1.165, 1.54) is 161 Å². The lowest BCUT2D eigenvalue weighted by atomic mass is 9.82. The van der Waals surface area contributed by atoms with E-state index in [9.17, 15) is 28.8 Å². The van der Waals surface area contributed by atoms with E-state index in [-0.39, 0.29) is 65.2 Å². The number of H-pyrrole nitrogens is 4. The molecule has 6 saturated carbocycles. The van der Waals surface area contributed by atoms with Gasteiger partial charge >= 0.3 is 24.2 Å². The number of piperidine rings is 4. The fraction of sp³-hybridized carbons (Fsp3) is 0.538. The molecule has 26 heteroatoms. The van der Waals surface area contributed by atoms with Gasteiger partial charge in [-0.1, -0.05) is 140 Å². The Labute approximate surface area is 682 Å². The number of carbonyl (C=O) groups excluding carboxylic acids is 5. The summed E-state index contributed by atoms with van der Waals surface area (Å²) < 4.78 is 14.0. The van der Waals surface area contributed by atoms with E-state index in [0.29, 0.717) is 29.3 Å². The second-order valence-corrected chi connectivity index (χ2v) is 37.1. The number of imidazole rings is 4. The molecule has 0 radical (unpaired) electrons. The van der Waals surface area contributed by atoms with Crippen LogP contribution in [0.1, 0.15) is 214 Å². The lowest BCUT2D eigenvalue weighted by molar-refractivity contribution is -0.140. The molecular weight excluding hydrogens is 1480 g/mol. The van der Waals surface area contributed by atoms with Crippen LogP contribution in [0.5, 0.6) is 0 Å². The highest BCUT2D eigenvalue weighted by Crippen LogP contribution is 2.59. The first-order valence-electron chi connectivity index (χ1n) is 42.9. The van der Waals surface area contributed by atoms with Crippen LogP contribution in [0, 0.1) is 52.3 Å². The molecule has 8 unspecified atom stereocenters. The number of nitrogens with two attached hydrogens (primary N) is 1. The summed E-state index contributed by atoms with van der Waals surface area (Å²) in [6, 6.07) is 26.7. The van der Waals surface area contributed by atoms with Crippen molar-refractivity contribution in [2.24, 2.45) is 58.1 Å². The number of nitrogens with one attached hydrogen (secondary N) is 8. The summed E-state index contributed by atoms with van der Waals surface area (Å²) in [6.45, 7) is 11.2. The number of carbonyl (C=O) groups is 6. The Balaban J connectivity index is 0.000000149. The van der Waals surface area contributed by atoms with E-state index in [1.807, 2.05) is 61.1 Å². The summed E-state index contributed by atoms with van der Waals surface area (Å²) >= 11 is 0. The molecule has 0 bridgehead atoms. The zero-order chi connectivity index (χ0) is 81.2. The molecule has 4 saturated heterocycles.